The Bertz CT molecular complexity index is 1780. The normalized spacial score (nSPS) is 11.7. The minimum atomic E-state index is -4.62. The molecule has 0 bridgehead atoms. The Morgan fingerprint density at radius 1 is 0.923 bits per heavy atom. The van der Waals surface area contributed by atoms with Crippen LogP contribution in [0.4, 0.5) is 13.2 Å². The monoisotopic (exact) mass is 547 g/mol. The molecule has 194 valence electrons. The fourth-order valence-corrected chi connectivity index (χ4v) is 4.00. The minimum absolute atomic E-state index is 0.0198. The number of aromatic nitrogens is 2. The molecule has 0 radical (unpaired) electrons. The lowest BCUT2D eigenvalue weighted by Crippen LogP contribution is -2.20. The highest BCUT2D eigenvalue weighted by Crippen LogP contribution is 2.30. The quantitative estimate of drug-likeness (QED) is 0.137. The van der Waals surface area contributed by atoms with Gasteiger partial charge in [-0.25, -0.2) is 9.78 Å². The van der Waals surface area contributed by atoms with Crippen molar-refractivity contribution in [3.05, 3.63) is 129 Å². The lowest BCUT2D eigenvalue weighted by atomic mass is 10.1. The van der Waals surface area contributed by atoms with Crippen LogP contribution in [0, 0.1) is 0 Å². The van der Waals surface area contributed by atoms with Crippen LogP contribution in [0.2, 0.25) is 5.02 Å². The van der Waals surface area contributed by atoms with E-state index in [1.165, 1.54) is 30.5 Å². The van der Waals surface area contributed by atoms with Gasteiger partial charge in [0.1, 0.15) is 5.75 Å². The molecular weight excluding hydrogens is 531 g/mol. The van der Waals surface area contributed by atoms with Crippen molar-refractivity contribution >= 4 is 34.7 Å². The van der Waals surface area contributed by atoms with Gasteiger partial charge < -0.3 is 4.74 Å². The molecular formula is C29H17ClF3N3O3. The number of benzene rings is 4. The summed E-state index contributed by atoms with van der Waals surface area (Å²) in [5.41, 5.74) is -0.358. The maximum absolute atomic E-state index is 13.4. The maximum Gasteiger partial charge on any atom is 0.416 e. The van der Waals surface area contributed by atoms with Crippen molar-refractivity contribution in [3.8, 4) is 17.1 Å². The predicted molar refractivity (Wildman–Crippen MR) is 142 cm³/mol. The van der Waals surface area contributed by atoms with Crippen molar-refractivity contribution < 1.29 is 22.7 Å². The summed E-state index contributed by atoms with van der Waals surface area (Å²) in [7, 11) is 0. The summed E-state index contributed by atoms with van der Waals surface area (Å²) in [6.07, 6.45) is -3.35. The molecule has 10 heteroatoms. The van der Waals surface area contributed by atoms with Gasteiger partial charge in [-0.15, -0.1) is 0 Å². The second kappa shape index (κ2) is 10.5. The Morgan fingerprint density at radius 3 is 2.44 bits per heavy atom. The molecule has 0 N–H and O–H groups in total. The lowest BCUT2D eigenvalue weighted by Gasteiger charge is -2.11. The number of esters is 1. The number of fused-ring (bicyclic) bond motifs is 1. The molecule has 0 aliphatic heterocycles. The van der Waals surface area contributed by atoms with Gasteiger partial charge in [0.2, 0.25) is 0 Å². The van der Waals surface area contributed by atoms with Gasteiger partial charge in [0.05, 0.1) is 28.2 Å². The van der Waals surface area contributed by atoms with Crippen molar-refractivity contribution in [2.45, 2.75) is 6.18 Å². The fourth-order valence-electron chi connectivity index (χ4n) is 3.82. The van der Waals surface area contributed by atoms with Crippen LogP contribution in [0.1, 0.15) is 21.5 Å². The Hall–Kier alpha value is -4.76. The molecule has 0 atom stereocenters. The molecule has 5 rings (SSSR count). The molecule has 0 unspecified atom stereocenters. The Labute approximate surface area is 224 Å². The molecule has 1 heterocycles. The first kappa shape index (κ1) is 25.9. The number of carbonyl (C=O) groups excluding carboxylic acids is 1. The number of halogens is 4. The largest absolute Gasteiger partial charge is 0.422 e. The van der Waals surface area contributed by atoms with Crippen molar-refractivity contribution in [1.29, 1.82) is 0 Å². The molecule has 4 aromatic carbocycles. The molecule has 0 spiro atoms. The smallest absolute Gasteiger partial charge is 0.416 e. The molecule has 1 aromatic heterocycles. The van der Waals surface area contributed by atoms with Crippen molar-refractivity contribution in [1.82, 2.24) is 9.66 Å². The van der Waals surface area contributed by atoms with Crippen LogP contribution in [0.25, 0.3) is 22.3 Å². The first-order valence-corrected chi connectivity index (χ1v) is 11.9. The summed E-state index contributed by atoms with van der Waals surface area (Å²) in [5, 5.41) is 4.97. The minimum Gasteiger partial charge on any atom is -0.422 e. The van der Waals surface area contributed by atoms with Gasteiger partial charge in [-0.3, -0.25) is 4.79 Å². The molecule has 0 aliphatic rings. The number of ether oxygens (including phenoxy) is 1. The number of alkyl halides is 3. The zero-order valence-electron chi connectivity index (χ0n) is 19.9. The number of hydrogen-bond acceptors (Lipinski definition) is 5. The van der Waals surface area contributed by atoms with Gasteiger partial charge in [-0.1, -0.05) is 60.1 Å². The van der Waals surface area contributed by atoms with E-state index >= 15 is 0 Å². The Kier molecular flexibility index (Phi) is 7.00. The number of carbonyl (C=O) groups is 1. The summed E-state index contributed by atoms with van der Waals surface area (Å²) in [6, 6.07) is 24.0. The highest BCUT2D eigenvalue weighted by molar-refractivity contribution is 6.31. The lowest BCUT2D eigenvalue weighted by molar-refractivity contribution is -0.137. The molecule has 0 saturated heterocycles. The average Bonchev–Trinajstić information content (AvgIpc) is 2.94. The predicted octanol–water partition coefficient (Wildman–Crippen LogP) is 6.84. The van der Waals surface area contributed by atoms with E-state index in [4.69, 9.17) is 16.3 Å². The van der Waals surface area contributed by atoms with Crippen molar-refractivity contribution in [3.63, 3.8) is 0 Å². The van der Waals surface area contributed by atoms with Crippen molar-refractivity contribution in [2.75, 3.05) is 0 Å². The second-order valence-electron chi connectivity index (χ2n) is 8.33. The van der Waals surface area contributed by atoms with Crippen LogP contribution < -0.4 is 10.3 Å². The number of nitrogens with zero attached hydrogens (tertiary/aromatic N) is 3. The van der Waals surface area contributed by atoms with Gasteiger partial charge in [0, 0.05) is 16.1 Å². The standard InChI is InChI=1S/C29H17ClF3N3O3/c30-22-13-14-25(39-28(38)19-9-6-10-21(15-19)29(31,32)33)20(16-22)17-34-36-26(18-7-2-1-3-8-18)35-24-12-5-4-11-23(24)27(36)37/h1-17H. The third kappa shape index (κ3) is 5.58. The Morgan fingerprint density at radius 2 is 1.67 bits per heavy atom. The zero-order chi connectivity index (χ0) is 27.6. The second-order valence-corrected chi connectivity index (χ2v) is 8.77. The van der Waals surface area contributed by atoms with Gasteiger partial charge in [0.25, 0.3) is 5.56 Å². The third-order valence-corrected chi connectivity index (χ3v) is 5.93. The highest BCUT2D eigenvalue weighted by Gasteiger charge is 2.31. The van der Waals surface area contributed by atoms with Gasteiger partial charge in [-0.05, 0) is 48.5 Å². The zero-order valence-corrected chi connectivity index (χ0v) is 20.6. The highest BCUT2D eigenvalue weighted by atomic mass is 35.5. The molecule has 5 aromatic rings. The summed E-state index contributed by atoms with van der Waals surface area (Å²) in [6.45, 7) is 0. The van der Waals surface area contributed by atoms with E-state index in [-0.39, 0.29) is 27.7 Å². The fraction of sp³-hybridized carbons (Fsp3) is 0.0345. The molecule has 0 amide bonds. The molecule has 0 saturated carbocycles. The molecule has 0 aliphatic carbocycles. The molecule has 0 fully saturated rings. The maximum atomic E-state index is 13.4. The summed E-state index contributed by atoms with van der Waals surface area (Å²) in [5.74, 6) is -0.749. The van der Waals surface area contributed by atoms with Gasteiger partial charge >= 0.3 is 12.1 Å². The van der Waals surface area contributed by atoms with Crippen LogP contribution in [-0.2, 0) is 6.18 Å². The van der Waals surface area contributed by atoms with E-state index in [1.54, 1.807) is 48.5 Å². The van der Waals surface area contributed by atoms with E-state index in [0.717, 1.165) is 16.8 Å². The number of rotatable bonds is 5. The van der Waals surface area contributed by atoms with E-state index in [9.17, 15) is 22.8 Å². The third-order valence-electron chi connectivity index (χ3n) is 5.70. The summed E-state index contributed by atoms with van der Waals surface area (Å²) < 4.78 is 45.8. The molecule has 39 heavy (non-hydrogen) atoms. The van der Waals surface area contributed by atoms with Gasteiger partial charge in [-0.2, -0.15) is 22.9 Å². The van der Waals surface area contributed by atoms with Gasteiger partial charge in [0.15, 0.2) is 5.82 Å². The number of hydrogen-bond donors (Lipinski definition) is 0. The SMILES string of the molecule is O=C(Oc1ccc(Cl)cc1C=Nn1c(-c2ccccc2)nc2ccccc2c1=O)c1cccc(C(F)(F)F)c1. The van der Waals surface area contributed by atoms with Crippen molar-refractivity contribution in [2.24, 2.45) is 5.10 Å². The van der Waals surface area contributed by atoms with Crippen LogP contribution in [-0.4, -0.2) is 21.8 Å². The van der Waals surface area contributed by atoms with Crippen LogP contribution in [0.15, 0.2) is 107 Å². The van der Waals surface area contributed by atoms with Crippen LogP contribution in [0.3, 0.4) is 0 Å². The summed E-state index contributed by atoms with van der Waals surface area (Å²) in [4.78, 5) is 30.7. The molecule has 6 nitrogen and oxygen atoms in total. The van der Waals surface area contributed by atoms with Crippen LogP contribution >= 0.6 is 11.6 Å². The Balaban J connectivity index is 1.55. The van der Waals surface area contributed by atoms with E-state index in [1.807, 2.05) is 6.07 Å². The first-order valence-electron chi connectivity index (χ1n) is 11.5. The first-order chi connectivity index (χ1) is 18.7. The topological polar surface area (TPSA) is 73.5 Å². The van der Waals surface area contributed by atoms with Crippen LogP contribution in [0.5, 0.6) is 5.75 Å². The van der Waals surface area contributed by atoms with E-state index < -0.39 is 23.3 Å². The van der Waals surface area contributed by atoms with E-state index in [2.05, 4.69) is 10.1 Å². The van der Waals surface area contributed by atoms with E-state index in [0.29, 0.717) is 22.5 Å². The number of para-hydroxylation sites is 1. The summed E-state index contributed by atoms with van der Waals surface area (Å²) >= 11 is 6.15. The average molecular weight is 548 g/mol.